The van der Waals surface area contributed by atoms with Gasteiger partial charge in [0.05, 0.1) is 27.9 Å². The van der Waals surface area contributed by atoms with Crippen LogP contribution in [-0.2, 0) is 0 Å². The lowest BCUT2D eigenvalue weighted by molar-refractivity contribution is 0.102. The molecule has 1 atom stereocenters. The van der Waals surface area contributed by atoms with Crippen LogP contribution in [0.5, 0.6) is 0 Å². The molecule has 8 heteroatoms. The number of aromatic nitrogens is 3. The minimum Gasteiger partial charge on any atom is -0.306 e. The first-order valence-corrected chi connectivity index (χ1v) is 10.1. The number of anilines is 1. The van der Waals surface area contributed by atoms with Crippen molar-refractivity contribution in [2.45, 2.75) is 32.6 Å². The number of benzene rings is 1. The van der Waals surface area contributed by atoms with E-state index in [2.05, 4.69) is 38.5 Å². The number of likely N-dealkylation sites (tertiary alicyclic amines) is 1. The van der Waals surface area contributed by atoms with Crippen molar-refractivity contribution in [1.29, 1.82) is 5.26 Å². The van der Waals surface area contributed by atoms with Crippen molar-refractivity contribution < 1.29 is 4.79 Å². The van der Waals surface area contributed by atoms with Crippen molar-refractivity contribution in [1.82, 2.24) is 20.1 Å². The van der Waals surface area contributed by atoms with Crippen LogP contribution in [0.1, 0.15) is 50.3 Å². The zero-order valence-corrected chi connectivity index (χ0v) is 17.0. The van der Waals surface area contributed by atoms with E-state index in [1.54, 1.807) is 6.07 Å². The summed E-state index contributed by atoms with van der Waals surface area (Å²) in [4.78, 5) is 20.5. The number of amides is 1. The van der Waals surface area contributed by atoms with Crippen molar-refractivity contribution in [3.05, 3.63) is 38.8 Å². The van der Waals surface area contributed by atoms with Crippen molar-refractivity contribution in [2.75, 3.05) is 25.5 Å². The maximum Gasteiger partial charge on any atom is 0.268 e. The minimum absolute atomic E-state index is 0.194. The van der Waals surface area contributed by atoms with E-state index >= 15 is 0 Å². The summed E-state index contributed by atoms with van der Waals surface area (Å²) in [6.07, 6.45) is 2.27. The van der Waals surface area contributed by atoms with Gasteiger partial charge in [0.1, 0.15) is 4.88 Å². The summed E-state index contributed by atoms with van der Waals surface area (Å²) in [5.41, 5.74) is 2.93. The van der Waals surface area contributed by atoms with Crippen LogP contribution in [0.2, 0.25) is 0 Å². The fourth-order valence-electron chi connectivity index (χ4n) is 3.72. The summed E-state index contributed by atoms with van der Waals surface area (Å²) >= 11 is 1.48. The molecule has 2 aromatic heterocycles. The second kappa shape index (κ2) is 7.34. The van der Waals surface area contributed by atoms with E-state index in [-0.39, 0.29) is 5.91 Å². The Balaban J connectivity index is 1.58. The van der Waals surface area contributed by atoms with Crippen molar-refractivity contribution in [2.24, 2.45) is 0 Å². The number of aromatic amines is 1. The number of carbonyl (C=O) groups excluding carboxylic acids is 1. The third-order valence-electron chi connectivity index (χ3n) is 5.25. The van der Waals surface area contributed by atoms with Gasteiger partial charge in [-0.3, -0.25) is 9.89 Å². The molecule has 4 rings (SSSR count). The van der Waals surface area contributed by atoms with Gasteiger partial charge in [0.2, 0.25) is 0 Å². The van der Waals surface area contributed by atoms with Crippen LogP contribution in [0.3, 0.4) is 0 Å². The molecule has 1 aliphatic heterocycles. The highest BCUT2D eigenvalue weighted by Gasteiger charge is 2.25. The molecule has 3 aromatic rings. The number of rotatable bonds is 3. The number of H-pyrrole nitrogens is 1. The molecule has 1 amide bonds. The second-order valence-electron chi connectivity index (χ2n) is 7.42. The smallest absolute Gasteiger partial charge is 0.268 e. The Morgan fingerprint density at radius 1 is 1.43 bits per heavy atom. The van der Waals surface area contributed by atoms with Gasteiger partial charge in [-0.1, -0.05) is 0 Å². The fourth-order valence-corrected chi connectivity index (χ4v) is 4.81. The average Bonchev–Trinajstić information content (AvgIpc) is 3.24. The number of piperidine rings is 1. The molecule has 1 aromatic carbocycles. The van der Waals surface area contributed by atoms with E-state index in [1.807, 2.05) is 19.9 Å². The largest absolute Gasteiger partial charge is 0.306 e. The number of nitriles is 1. The first-order chi connectivity index (χ1) is 13.5. The molecule has 0 radical (unpaired) electrons. The quantitative estimate of drug-likeness (QED) is 0.708. The topological polar surface area (TPSA) is 97.7 Å². The van der Waals surface area contributed by atoms with Crippen LogP contribution in [0, 0.1) is 25.2 Å². The summed E-state index contributed by atoms with van der Waals surface area (Å²) in [6, 6.07) is 5.79. The molecule has 1 saturated heterocycles. The number of thiazole rings is 1. The Kier molecular flexibility index (Phi) is 4.87. The molecular formula is C20H22N6OS. The number of nitrogens with zero attached hydrogens (tertiary/aromatic N) is 4. The van der Waals surface area contributed by atoms with Crippen LogP contribution in [0.25, 0.3) is 10.9 Å². The third kappa shape index (κ3) is 3.39. The standard InChI is InChI=1S/C20H22N6OS/c1-11-7-15-16(8-14(11)9-21)24-25-18(15)23-19(27)17-12(2)22-20(28-17)13-5-4-6-26(3)10-13/h7-8,13H,4-6,10H2,1-3H3,(H2,23,24,25,27). The summed E-state index contributed by atoms with van der Waals surface area (Å²) in [7, 11) is 2.13. The molecule has 1 aliphatic rings. The van der Waals surface area contributed by atoms with Crippen LogP contribution in [-0.4, -0.2) is 46.1 Å². The van der Waals surface area contributed by atoms with Gasteiger partial charge in [-0.05, 0) is 58.0 Å². The van der Waals surface area contributed by atoms with Crippen LogP contribution in [0.4, 0.5) is 5.82 Å². The highest BCUT2D eigenvalue weighted by molar-refractivity contribution is 7.14. The van der Waals surface area contributed by atoms with Gasteiger partial charge in [-0.15, -0.1) is 11.3 Å². The van der Waals surface area contributed by atoms with E-state index < -0.39 is 0 Å². The molecule has 0 saturated carbocycles. The summed E-state index contributed by atoms with van der Waals surface area (Å²) < 4.78 is 0. The predicted molar refractivity (Wildman–Crippen MR) is 110 cm³/mol. The normalized spacial score (nSPS) is 17.6. The molecule has 0 spiro atoms. The van der Waals surface area contributed by atoms with Gasteiger partial charge in [0.15, 0.2) is 5.82 Å². The number of fused-ring (bicyclic) bond motifs is 1. The number of nitrogens with one attached hydrogen (secondary N) is 2. The molecule has 7 nitrogen and oxygen atoms in total. The predicted octanol–water partition coefficient (Wildman–Crippen LogP) is 3.57. The molecule has 0 bridgehead atoms. The SMILES string of the molecule is Cc1cc2c(NC(=O)c3sc(C4CCCN(C)C4)nc3C)n[nH]c2cc1C#N. The second-order valence-corrected chi connectivity index (χ2v) is 8.45. The van der Waals surface area contributed by atoms with Crippen LogP contribution in [0.15, 0.2) is 12.1 Å². The first-order valence-electron chi connectivity index (χ1n) is 9.32. The number of carbonyl (C=O) groups is 1. The molecule has 1 fully saturated rings. The Labute approximate surface area is 167 Å². The van der Waals surface area contributed by atoms with E-state index in [0.717, 1.165) is 53.1 Å². The molecule has 1 unspecified atom stereocenters. The average molecular weight is 395 g/mol. The lowest BCUT2D eigenvalue weighted by atomic mass is 9.99. The van der Waals surface area contributed by atoms with E-state index in [9.17, 15) is 10.1 Å². The highest BCUT2D eigenvalue weighted by Crippen LogP contribution is 2.32. The minimum atomic E-state index is -0.194. The van der Waals surface area contributed by atoms with Gasteiger partial charge in [0.25, 0.3) is 5.91 Å². The lowest BCUT2D eigenvalue weighted by Gasteiger charge is -2.28. The molecule has 0 aliphatic carbocycles. The van der Waals surface area contributed by atoms with Crippen molar-refractivity contribution in [3.63, 3.8) is 0 Å². The molecular weight excluding hydrogens is 372 g/mol. The Morgan fingerprint density at radius 2 is 2.25 bits per heavy atom. The van der Waals surface area contributed by atoms with Gasteiger partial charge < -0.3 is 10.2 Å². The van der Waals surface area contributed by atoms with E-state index in [4.69, 9.17) is 0 Å². The number of hydrogen-bond donors (Lipinski definition) is 2. The number of likely N-dealkylation sites (N-methyl/N-ethyl adjacent to an activating group) is 1. The van der Waals surface area contributed by atoms with Crippen LogP contribution >= 0.6 is 11.3 Å². The Morgan fingerprint density at radius 3 is 3.00 bits per heavy atom. The molecule has 2 N–H and O–H groups in total. The number of hydrogen-bond acceptors (Lipinski definition) is 6. The van der Waals surface area contributed by atoms with E-state index in [0.29, 0.717) is 22.2 Å². The fraction of sp³-hybridized carbons (Fsp3) is 0.400. The summed E-state index contributed by atoms with van der Waals surface area (Å²) in [6.45, 7) is 5.86. The maximum atomic E-state index is 12.9. The lowest BCUT2D eigenvalue weighted by Crippen LogP contribution is -2.30. The first kappa shape index (κ1) is 18.6. The zero-order chi connectivity index (χ0) is 19.8. The Bertz CT molecular complexity index is 1090. The highest BCUT2D eigenvalue weighted by atomic mass is 32.1. The van der Waals surface area contributed by atoms with E-state index in [1.165, 1.54) is 11.3 Å². The molecule has 28 heavy (non-hydrogen) atoms. The van der Waals surface area contributed by atoms with Gasteiger partial charge >= 0.3 is 0 Å². The van der Waals surface area contributed by atoms with Gasteiger partial charge in [-0.25, -0.2) is 4.98 Å². The molecule has 144 valence electrons. The zero-order valence-electron chi connectivity index (χ0n) is 16.2. The van der Waals surface area contributed by atoms with Crippen LogP contribution < -0.4 is 5.32 Å². The van der Waals surface area contributed by atoms with Crippen molar-refractivity contribution >= 4 is 34.0 Å². The monoisotopic (exact) mass is 394 g/mol. The third-order valence-corrected chi connectivity index (χ3v) is 6.57. The summed E-state index contributed by atoms with van der Waals surface area (Å²) in [5.74, 6) is 0.669. The van der Waals surface area contributed by atoms with Gasteiger partial charge in [0, 0.05) is 17.8 Å². The number of aryl methyl sites for hydroxylation is 2. The molecule has 3 heterocycles. The maximum absolute atomic E-state index is 12.9. The van der Waals surface area contributed by atoms with Crippen molar-refractivity contribution in [3.8, 4) is 6.07 Å². The van der Waals surface area contributed by atoms with Gasteiger partial charge in [-0.2, -0.15) is 10.4 Å². The summed E-state index contributed by atoms with van der Waals surface area (Å²) in [5, 5.41) is 21.0. The Hall–Kier alpha value is -2.76.